The second kappa shape index (κ2) is 6.97. The van der Waals surface area contributed by atoms with Gasteiger partial charge in [-0.3, -0.25) is 5.43 Å². The van der Waals surface area contributed by atoms with E-state index in [2.05, 4.69) is 10.4 Å². The van der Waals surface area contributed by atoms with Crippen LogP contribution in [0.3, 0.4) is 0 Å². The molecule has 1 aromatic rings. The van der Waals surface area contributed by atoms with E-state index >= 15 is 0 Å². The smallest absolute Gasteiger partial charge is 0.174 e. The number of benzene rings is 1. The van der Waals surface area contributed by atoms with Crippen LogP contribution in [-0.4, -0.2) is 37.9 Å². The summed E-state index contributed by atoms with van der Waals surface area (Å²) in [5.41, 5.74) is 4.49. The van der Waals surface area contributed by atoms with Crippen molar-refractivity contribution in [2.75, 3.05) is 32.9 Å². The zero-order valence-corrected chi connectivity index (χ0v) is 10.3. The molecule has 1 aliphatic rings. The second-order valence-corrected chi connectivity index (χ2v) is 4.03. The summed E-state index contributed by atoms with van der Waals surface area (Å²) in [6, 6.07) is 9.73. The Morgan fingerprint density at radius 1 is 1.39 bits per heavy atom. The fraction of sp³-hybridized carbons (Fsp3) is 0.462. The number of hydrogen-bond donors (Lipinski definition) is 1. The summed E-state index contributed by atoms with van der Waals surface area (Å²) in [6.45, 7) is 4.20. The minimum atomic E-state index is 0.0837. The first-order valence-corrected chi connectivity index (χ1v) is 6.03. The molecule has 0 bridgehead atoms. The van der Waals surface area contributed by atoms with Gasteiger partial charge in [-0.05, 0) is 17.7 Å². The van der Waals surface area contributed by atoms with Crippen LogP contribution in [0.25, 0.3) is 0 Å². The molecule has 1 N–H and O–H groups in total. The van der Waals surface area contributed by atoms with Gasteiger partial charge in [0, 0.05) is 19.6 Å². The maximum atomic E-state index is 8.46. The summed E-state index contributed by atoms with van der Waals surface area (Å²) in [5.74, 6) is 0.734. The monoisotopic (exact) mass is 247 g/mol. The molecule has 0 aromatic heterocycles. The molecule has 1 saturated heterocycles. The number of ether oxygens (including phenoxy) is 2. The van der Waals surface area contributed by atoms with Crippen molar-refractivity contribution < 1.29 is 9.47 Å². The fourth-order valence-corrected chi connectivity index (χ4v) is 1.79. The summed E-state index contributed by atoms with van der Waals surface area (Å²) >= 11 is 0. The van der Waals surface area contributed by atoms with Crippen LogP contribution < -0.4 is 10.2 Å². The normalized spacial score (nSPS) is 16.2. The van der Waals surface area contributed by atoms with E-state index in [-0.39, 0.29) is 6.61 Å². The highest BCUT2D eigenvalue weighted by atomic mass is 16.5. The van der Waals surface area contributed by atoms with Crippen molar-refractivity contribution in [3.8, 4) is 11.8 Å². The fourth-order valence-electron chi connectivity index (χ4n) is 1.79. The van der Waals surface area contributed by atoms with Crippen LogP contribution >= 0.6 is 0 Å². The molecule has 1 fully saturated rings. The van der Waals surface area contributed by atoms with Crippen LogP contribution in [0, 0.1) is 11.3 Å². The largest absolute Gasteiger partial charge is 0.479 e. The Labute approximate surface area is 107 Å². The highest BCUT2D eigenvalue weighted by Crippen LogP contribution is 2.13. The lowest BCUT2D eigenvalue weighted by atomic mass is 10.2. The van der Waals surface area contributed by atoms with Crippen molar-refractivity contribution in [1.82, 2.24) is 10.4 Å². The predicted octanol–water partition coefficient (Wildman–Crippen LogP) is 0.926. The molecule has 5 heteroatoms. The molecule has 1 aliphatic heterocycles. The van der Waals surface area contributed by atoms with E-state index in [1.54, 1.807) is 0 Å². The number of morpholine rings is 1. The van der Waals surface area contributed by atoms with Crippen LogP contribution in [0.1, 0.15) is 5.56 Å². The number of nitriles is 1. The maximum absolute atomic E-state index is 8.46. The van der Waals surface area contributed by atoms with Gasteiger partial charge in [0.25, 0.3) is 0 Å². The highest BCUT2D eigenvalue weighted by molar-refractivity contribution is 5.28. The van der Waals surface area contributed by atoms with E-state index in [4.69, 9.17) is 14.7 Å². The molecule has 18 heavy (non-hydrogen) atoms. The van der Waals surface area contributed by atoms with E-state index in [0.717, 1.165) is 44.2 Å². The van der Waals surface area contributed by atoms with Crippen molar-refractivity contribution in [3.05, 3.63) is 29.8 Å². The van der Waals surface area contributed by atoms with E-state index in [1.807, 2.05) is 30.3 Å². The van der Waals surface area contributed by atoms with Gasteiger partial charge in [0.15, 0.2) is 6.61 Å². The number of hydrazine groups is 1. The van der Waals surface area contributed by atoms with Gasteiger partial charge in [0.1, 0.15) is 11.8 Å². The molecule has 0 unspecified atom stereocenters. The Kier molecular flexibility index (Phi) is 4.97. The zero-order valence-electron chi connectivity index (χ0n) is 10.3. The highest BCUT2D eigenvalue weighted by Gasteiger charge is 2.09. The van der Waals surface area contributed by atoms with Crippen molar-refractivity contribution in [2.45, 2.75) is 6.54 Å². The van der Waals surface area contributed by atoms with Gasteiger partial charge in [0.05, 0.1) is 13.2 Å². The van der Waals surface area contributed by atoms with Crippen molar-refractivity contribution in [1.29, 1.82) is 5.26 Å². The average Bonchev–Trinajstić information content (AvgIpc) is 2.44. The lowest BCUT2D eigenvalue weighted by molar-refractivity contribution is 0.0105. The van der Waals surface area contributed by atoms with Gasteiger partial charge >= 0.3 is 0 Å². The summed E-state index contributed by atoms with van der Waals surface area (Å²) < 4.78 is 10.5. The van der Waals surface area contributed by atoms with Gasteiger partial charge in [-0.15, -0.1) is 0 Å². The summed E-state index contributed by atoms with van der Waals surface area (Å²) in [4.78, 5) is 0. The Bertz CT molecular complexity index is 411. The molecule has 5 nitrogen and oxygen atoms in total. The second-order valence-electron chi connectivity index (χ2n) is 4.03. The molecule has 96 valence electrons. The minimum Gasteiger partial charge on any atom is -0.479 e. The van der Waals surface area contributed by atoms with E-state index in [0.29, 0.717) is 0 Å². The number of nitrogens with zero attached hydrogens (tertiary/aromatic N) is 2. The van der Waals surface area contributed by atoms with E-state index in [1.165, 1.54) is 0 Å². The molecule has 0 atom stereocenters. The number of nitrogens with one attached hydrogen (secondary N) is 1. The molecule has 0 amide bonds. The van der Waals surface area contributed by atoms with Crippen LogP contribution in [0.4, 0.5) is 0 Å². The average molecular weight is 247 g/mol. The van der Waals surface area contributed by atoms with Crippen molar-refractivity contribution >= 4 is 0 Å². The van der Waals surface area contributed by atoms with Gasteiger partial charge in [-0.1, -0.05) is 12.1 Å². The molecule has 0 saturated carbocycles. The summed E-state index contributed by atoms with van der Waals surface area (Å²) in [6.07, 6.45) is 0. The molecule has 2 rings (SSSR count). The Morgan fingerprint density at radius 3 is 3.00 bits per heavy atom. The van der Waals surface area contributed by atoms with Crippen LogP contribution in [-0.2, 0) is 11.3 Å². The SMILES string of the molecule is N#CCOc1cccc(CNN2CCOCC2)c1. The summed E-state index contributed by atoms with van der Waals surface area (Å²) in [7, 11) is 0. The lowest BCUT2D eigenvalue weighted by Gasteiger charge is -2.27. The first-order valence-electron chi connectivity index (χ1n) is 6.03. The molecule has 1 heterocycles. The zero-order chi connectivity index (χ0) is 12.6. The summed E-state index contributed by atoms with van der Waals surface area (Å²) in [5, 5.41) is 10.6. The molecular formula is C13H17N3O2. The first-order chi connectivity index (χ1) is 8.88. The Balaban J connectivity index is 1.82. The number of rotatable bonds is 5. The number of hydrogen-bond acceptors (Lipinski definition) is 5. The topological polar surface area (TPSA) is 57.5 Å². The van der Waals surface area contributed by atoms with Gasteiger partial charge in [0.2, 0.25) is 0 Å². The van der Waals surface area contributed by atoms with Gasteiger partial charge < -0.3 is 9.47 Å². The van der Waals surface area contributed by atoms with Crippen LogP contribution in [0.2, 0.25) is 0 Å². The van der Waals surface area contributed by atoms with Crippen LogP contribution in [0.15, 0.2) is 24.3 Å². The van der Waals surface area contributed by atoms with Gasteiger partial charge in [-0.2, -0.15) is 5.26 Å². The molecule has 0 spiro atoms. The van der Waals surface area contributed by atoms with Crippen LogP contribution in [0.5, 0.6) is 5.75 Å². The predicted molar refractivity (Wildman–Crippen MR) is 66.8 cm³/mol. The first kappa shape index (κ1) is 12.8. The lowest BCUT2D eigenvalue weighted by Crippen LogP contribution is -2.45. The van der Waals surface area contributed by atoms with E-state index < -0.39 is 0 Å². The molecule has 0 radical (unpaired) electrons. The Morgan fingerprint density at radius 2 is 2.22 bits per heavy atom. The van der Waals surface area contributed by atoms with Crippen molar-refractivity contribution in [2.24, 2.45) is 0 Å². The van der Waals surface area contributed by atoms with Gasteiger partial charge in [-0.25, -0.2) is 5.01 Å². The third-order valence-electron chi connectivity index (χ3n) is 2.72. The molecular weight excluding hydrogens is 230 g/mol. The molecule has 0 aliphatic carbocycles. The maximum Gasteiger partial charge on any atom is 0.174 e. The quantitative estimate of drug-likeness (QED) is 0.838. The van der Waals surface area contributed by atoms with E-state index in [9.17, 15) is 0 Å². The third-order valence-corrected chi connectivity index (χ3v) is 2.72. The third kappa shape index (κ3) is 4.00. The standard InChI is InChI=1S/C13H17N3O2/c14-4-7-18-13-3-1-2-12(10-13)11-15-16-5-8-17-9-6-16/h1-3,10,15H,5-9,11H2. The molecule has 1 aromatic carbocycles. The Hall–Kier alpha value is -1.61. The van der Waals surface area contributed by atoms with Crippen molar-refractivity contribution in [3.63, 3.8) is 0 Å². The minimum absolute atomic E-state index is 0.0837.